The van der Waals surface area contributed by atoms with Gasteiger partial charge in [0.05, 0.1) is 5.92 Å². The van der Waals surface area contributed by atoms with Crippen molar-refractivity contribution in [3.05, 3.63) is 42.2 Å². The van der Waals surface area contributed by atoms with Gasteiger partial charge in [-0.2, -0.15) is 0 Å². The molecule has 1 atom stereocenters. The lowest BCUT2D eigenvalue weighted by atomic mass is 10.1. The van der Waals surface area contributed by atoms with Gasteiger partial charge in [-0.3, -0.25) is 9.59 Å². The molecule has 3 heterocycles. The van der Waals surface area contributed by atoms with Gasteiger partial charge in [-0.15, -0.1) is 10.2 Å². The normalized spacial score (nSPS) is 18.9. The summed E-state index contributed by atoms with van der Waals surface area (Å²) in [4.78, 5) is 33.2. The van der Waals surface area contributed by atoms with Crippen molar-refractivity contribution >= 4 is 29.1 Å². The Morgan fingerprint density at radius 1 is 1.03 bits per heavy atom. The van der Waals surface area contributed by atoms with Crippen molar-refractivity contribution < 1.29 is 14.0 Å². The number of benzene rings is 1. The van der Waals surface area contributed by atoms with Crippen LogP contribution in [0.3, 0.4) is 0 Å². The first-order valence-corrected chi connectivity index (χ1v) is 11.2. The van der Waals surface area contributed by atoms with Crippen molar-refractivity contribution in [3.63, 3.8) is 0 Å². The molecule has 0 spiro atoms. The second-order valence-corrected chi connectivity index (χ2v) is 8.12. The van der Waals surface area contributed by atoms with Crippen LogP contribution in [0.15, 0.2) is 36.4 Å². The highest BCUT2D eigenvalue weighted by atomic mass is 19.1. The van der Waals surface area contributed by atoms with Gasteiger partial charge in [0.25, 0.3) is 0 Å². The topological polar surface area (TPSA) is 72.9 Å². The van der Waals surface area contributed by atoms with Crippen LogP contribution in [-0.4, -0.2) is 72.7 Å². The minimum Gasteiger partial charge on any atom is -0.356 e. The monoisotopic (exact) mass is 440 g/mol. The van der Waals surface area contributed by atoms with Crippen LogP contribution in [0, 0.1) is 11.7 Å². The number of aromatic nitrogens is 2. The van der Waals surface area contributed by atoms with Crippen molar-refractivity contribution in [2.75, 3.05) is 60.5 Å². The zero-order valence-electron chi connectivity index (χ0n) is 18.6. The van der Waals surface area contributed by atoms with Gasteiger partial charge in [0.2, 0.25) is 11.8 Å². The average molecular weight is 441 g/mol. The molecule has 2 aromatic rings. The molecule has 32 heavy (non-hydrogen) atoms. The molecule has 0 bridgehead atoms. The van der Waals surface area contributed by atoms with Crippen LogP contribution in [0.5, 0.6) is 0 Å². The molecule has 0 aliphatic carbocycles. The molecule has 2 fully saturated rings. The maximum absolute atomic E-state index is 13.2. The van der Waals surface area contributed by atoms with E-state index in [4.69, 9.17) is 0 Å². The lowest BCUT2D eigenvalue weighted by molar-refractivity contribution is -0.136. The Kier molecular flexibility index (Phi) is 6.53. The maximum atomic E-state index is 13.2. The van der Waals surface area contributed by atoms with Crippen LogP contribution in [-0.2, 0) is 9.59 Å². The summed E-state index contributed by atoms with van der Waals surface area (Å²) >= 11 is 0. The number of piperazine rings is 1. The fourth-order valence-electron chi connectivity index (χ4n) is 4.36. The van der Waals surface area contributed by atoms with Gasteiger partial charge >= 0.3 is 0 Å². The van der Waals surface area contributed by atoms with Gasteiger partial charge in [0.1, 0.15) is 5.82 Å². The van der Waals surface area contributed by atoms with E-state index < -0.39 is 0 Å². The van der Waals surface area contributed by atoms with E-state index in [1.807, 2.05) is 17.0 Å². The van der Waals surface area contributed by atoms with E-state index in [-0.39, 0.29) is 30.0 Å². The van der Waals surface area contributed by atoms with Crippen molar-refractivity contribution in [3.8, 4) is 0 Å². The average Bonchev–Trinajstić information content (AvgIpc) is 3.22. The number of anilines is 3. The number of nitrogens with zero attached hydrogens (tertiary/aromatic N) is 6. The van der Waals surface area contributed by atoms with Gasteiger partial charge in [-0.05, 0) is 50.2 Å². The zero-order chi connectivity index (χ0) is 22.7. The molecule has 0 N–H and O–H groups in total. The summed E-state index contributed by atoms with van der Waals surface area (Å²) in [5, 5.41) is 8.73. The molecular formula is C23H29FN6O2. The van der Waals surface area contributed by atoms with Crippen LogP contribution in [0.2, 0.25) is 0 Å². The predicted octanol–water partition coefficient (Wildman–Crippen LogP) is 2.16. The molecule has 2 amide bonds. The van der Waals surface area contributed by atoms with Crippen LogP contribution >= 0.6 is 0 Å². The fourth-order valence-corrected chi connectivity index (χ4v) is 4.36. The number of amides is 2. The summed E-state index contributed by atoms with van der Waals surface area (Å²) in [5.41, 5.74) is 0.628. The second kappa shape index (κ2) is 9.50. The summed E-state index contributed by atoms with van der Waals surface area (Å²) < 4.78 is 13.2. The molecule has 1 aromatic carbocycles. The fraction of sp³-hybridized carbons (Fsp3) is 0.478. The van der Waals surface area contributed by atoms with E-state index in [1.54, 1.807) is 17.0 Å². The maximum Gasteiger partial charge on any atom is 0.228 e. The number of carbonyl (C=O) groups is 2. The third-order valence-corrected chi connectivity index (χ3v) is 6.25. The van der Waals surface area contributed by atoms with E-state index >= 15 is 0 Å². The minimum atomic E-state index is -0.368. The summed E-state index contributed by atoms with van der Waals surface area (Å²) in [6.07, 6.45) is 0.189. The van der Waals surface area contributed by atoms with Crippen molar-refractivity contribution in [2.45, 2.75) is 20.3 Å². The van der Waals surface area contributed by atoms with E-state index in [0.29, 0.717) is 38.4 Å². The van der Waals surface area contributed by atoms with Crippen LogP contribution in [0.1, 0.15) is 20.3 Å². The van der Waals surface area contributed by atoms with Crippen molar-refractivity contribution in [2.24, 2.45) is 5.92 Å². The summed E-state index contributed by atoms with van der Waals surface area (Å²) in [7, 11) is 0. The smallest absolute Gasteiger partial charge is 0.228 e. The zero-order valence-corrected chi connectivity index (χ0v) is 18.6. The Morgan fingerprint density at radius 2 is 1.72 bits per heavy atom. The lowest BCUT2D eigenvalue weighted by Crippen LogP contribution is -2.51. The SMILES string of the molecule is CCN(CC)c1ccc(N2CCN(C(=O)C3CC(=O)N(c4ccc(F)cc4)C3)CC2)nn1. The highest BCUT2D eigenvalue weighted by molar-refractivity contribution is 6.00. The van der Waals surface area contributed by atoms with Gasteiger partial charge in [0, 0.05) is 57.9 Å². The second-order valence-electron chi connectivity index (χ2n) is 8.12. The van der Waals surface area contributed by atoms with Gasteiger partial charge in [-0.1, -0.05) is 0 Å². The number of hydrogen-bond donors (Lipinski definition) is 0. The third kappa shape index (κ3) is 4.51. The molecule has 0 radical (unpaired) electrons. The molecule has 0 saturated carbocycles. The lowest BCUT2D eigenvalue weighted by Gasteiger charge is -2.36. The molecule has 8 nitrogen and oxygen atoms in total. The number of carbonyl (C=O) groups excluding carboxylic acids is 2. The van der Waals surface area contributed by atoms with Gasteiger partial charge < -0.3 is 19.6 Å². The van der Waals surface area contributed by atoms with E-state index in [1.165, 1.54) is 12.1 Å². The predicted molar refractivity (Wildman–Crippen MR) is 121 cm³/mol. The summed E-state index contributed by atoms with van der Waals surface area (Å²) in [6.45, 7) is 8.79. The Morgan fingerprint density at radius 3 is 2.31 bits per heavy atom. The Hall–Kier alpha value is -3.23. The quantitative estimate of drug-likeness (QED) is 0.686. The molecule has 2 aliphatic heterocycles. The molecular weight excluding hydrogens is 411 g/mol. The molecule has 1 unspecified atom stereocenters. The Balaban J connectivity index is 1.33. The van der Waals surface area contributed by atoms with E-state index in [0.717, 1.165) is 24.7 Å². The standard InChI is InChI=1S/C23H29FN6O2/c1-3-27(4-2)20-9-10-21(26-25-20)28-11-13-29(14-12-28)23(32)17-15-22(31)30(16-17)19-7-5-18(24)6-8-19/h5-10,17H,3-4,11-16H2,1-2H3. The third-order valence-electron chi connectivity index (χ3n) is 6.25. The van der Waals surface area contributed by atoms with Crippen LogP contribution in [0.4, 0.5) is 21.7 Å². The highest BCUT2D eigenvalue weighted by Crippen LogP contribution is 2.27. The number of hydrogen-bond acceptors (Lipinski definition) is 6. The first-order valence-electron chi connectivity index (χ1n) is 11.2. The van der Waals surface area contributed by atoms with Crippen molar-refractivity contribution in [1.82, 2.24) is 15.1 Å². The molecule has 1 aromatic heterocycles. The first-order chi connectivity index (χ1) is 15.5. The minimum absolute atomic E-state index is 0.00516. The highest BCUT2D eigenvalue weighted by Gasteiger charge is 2.38. The Bertz CT molecular complexity index is 940. The molecule has 2 aliphatic rings. The molecule has 2 saturated heterocycles. The van der Waals surface area contributed by atoms with Crippen LogP contribution in [0.25, 0.3) is 0 Å². The molecule has 9 heteroatoms. The van der Waals surface area contributed by atoms with Crippen molar-refractivity contribution in [1.29, 1.82) is 0 Å². The van der Waals surface area contributed by atoms with Crippen LogP contribution < -0.4 is 14.7 Å². The van der Waals surface area contributed by atoms with E-state index in [2.05, 4.69) is 33.8 Å². The largest absolute Gasteiger partial charge is 0.356 e. The first kappa shape index (κ1) is 22.0. The number of rotatable bonds is 6. The van der Waals surface area contributed by atoms with E-state index in [9.17, 15) is 14.0 Å². The summed E-state index contributed by atoms with van der Waals surface area (Å²) in [6, 6.07) is 9.77. The molecule has 170 valence electrons. The summed E-state index contributed by atoms with van der Waals surface area (Å²) in [5.74, 6) is 0.865. The van der Waals surface area contributed by atoms with Gasteiger partial charge in [-0.25, -0.2) is 4.39 Å². The van der Waals surface area contributed by atoms with Gasteiger partial charge in [0.15, 0.2) is 11.6 Å². The molecule has 4 rings (SSSR count). The number of halogens is 1. The Labute approximate surface area is 187 Å².